The SMILES string of the molecule is Clc1ccc(N2CCN(C3CNC3)CC2)nc1. The van der Waals surface area contributed by atoms with Crippen molar-refractivity contribution < 1.29 is 0 Å². The molecule has 92 valence electrons. The third kappa shape index (κ3) is 2.39. The molecule has 0 atom stereocenters. The summed E-state index contributed by atoms with van der Waals surface area (Å²) < 4.78 is 0. The molecule has 5 heteroatoms. The summed E-state index contributed by atoms with van der Waals surface area (Å²) in [6, 6.07) is 4.67. The average Bonchev–Trinajstić information content (AvgIpc) is 2.29. The van der Waals surface area contributed by atoms with E-state index < -0.39 is 0 Å². The van der Waals surface area contributed by atoms with E-state index in [-0.39, 0.29) is 0 Å². The average molecular weight is 253 g/mol. The second-order valence-corrected chi connectivity index (χ2v) is 5.11. The molecule has 1 aromatic heterocycles. The lowest BCUT2D eigenvalue weighted by Gasteiger charge is -2.43. The number of hydrogen-bond acceptors (Lipinski definition) is 4. The quantitative estimate of drug-likeness (QED) is 0.845. The van der Waals surface area contributed by atoms with Crippen LogP contribution in [0.5, 0.6) is 0 Å². The zero-order valence-corrected chi connectivity index (χ0v) is 10.5. The van der Waals surface area contributed by atoms with Gasteiger partial charge in [-0.15, -0.1) is 0 Å². The van der Waals surface area contributed by atoms with Gasteiger partial charge in [-0.1, -0.05) is 11.6 Å². The van der Waals surface area contributed by atoms with E-state index in [1.807, 2.05) is 12.1 Å². The lowest BCUT2D eigenvalue weighted by molar-refractivity contribution is 0.137. The minimum absolute atomic E-state index is 0.702. The number of aromatic nitrogens is 1. The Bertz CT molecular complexity index is 369. The van der Waals surface area contributed by atoms with E-state index in [1.165, 1.54) is 0 Å². The number of halogens is 1. The number of nitrogens with zero attached hydrogens (tertiary/aromatic N) is 3. The first-order chi connectivity index (χ1) is 8.33. The highest BCUT2D eigenvalue weighted by atomic mass is 35.5. The molecule has 0 saturated carbocycles. The summed E-state index contributed by atoms with van der Waals surface area (Å²) in [6.45, 7) is 6.70. The maximum atomic E-state index is 5.85. The van der Waals surface area contributed by atoms with Crippen LogP contribution in [0.15, 0.2) is 18.3 Å². The second kappa shape index (κ2) is 4.80. The second-order valence-electron chi connectivity index (χ2n) is 4.67. The van der Waals surface area contributed by atoms with Crippen molar-refractivity contribution in [3.05, 3.63) is 23.4 Å². The summed E-state index contributed by atoms with van der Waals surface area (Å²) in [6.07, 6.45) is 1.72. The van der Waals surface area contributed by atoms with Crippen LogP contribution in [-0.2, 0) is 0 Å². The van der Waals surface area contributed by atoms with E-state index in [4.69, 9.17) is 11.6 Å². The molecule has 3 rings (SSSR count). The van der Waals surface area contributed by atoms with Gasteiger partial charge in [0.05, 0.1) is 5.02 Å². The molecule has 2 fully saturated rings. The minimum Gasteiger partial charge on any atom is -0.354 e. The maximum absolute atomic E-state index is 5.85. The fourth-order valence-corrected chi connectivity index (χ4v) is 2.51. The van der Waals surface area contributed by atoms with Gasteiger partial charge in [0.2, 0.25) is 0 Å². The van der Waals surface area contributed by atoms with Crippen molar-refractivity contribution in [2.45, 2.75) is 6.04 Å². The monoisotopic (exact) mass is 252 g/mol. The van der Waals surface area contributed by atoms with Crippen molar-refractivity contribution in [3.8, 4) is 0 Å². The summed E-state index contributed by atoms with van der Waals surface area (Å²) in [7, 11) is 0. The molecular weight excluding hydrogens is 236 g/mol. The van der Waals surface area contributed by atoms with Gasteiger partial charge < -0.3 is 10.2 Å². The van der Waals surface area contributed by atoms with Crippen LogP contribution in [0.2, 0.25) is 5.02 Å². The third-order valence-corrected chi connectivity index (χ3v) is 3.85. The van der Waals surface area contributed by atoms with E-state index in [2.05, 4.69) is 20.1 Å². The third-order valence-electron chi connectivity index (χ3n) is 3.63. The first kappa shape index (κ1) is 11.3. The first-order valence-electron chi connectivity index (χ1n) is 6.14. The van der Waals surface area contributed by atoms with Crippen LogP contribution in [0.4, 0.5) is 5.82 Å². The lowest BCUT2D eigenvalue weighted by Crippen LogP contribution is -2.61. The standard InChI is InChI=1S/C12H17ClN4/c13-10-1-2-12(15-7-10)17-5-3-16(4-6-17)11-8-14-9-11/h1-2,7,11,14H,3-6,8-9H2. The van der Waals surface area contributed by atoms with Crippen LogP contribution in [0.3, 0.4) is 0 Å². The van der Waals surface area contributed by atoms with Crippen molar-refractivity contribution in [3.63, 3.8) is 0 Å². The number of nitrogens with one attached hydrogen (secondary N) is 1. The number of rotatable bonds is 2. The molecule has 17 heavy (non-hydrogen) atoms. The Morgan fingerprint density at radius 1 is 1.18 bits per heavy atom. The fourth-order valence-electron chi connectivity index (χ4n) is 2.40. The van der Waals surface area contributed by atoms with Gasteiger partial charge >= 0.3 is 0 Å². The normalized spacial score (nSPS) is 22.5. The molecule has 0 bridgehead atoms. The van der Waals surface area contributed by atoms with Crippen molar-refractivity contribution in [2.75, 3.05) is 44.2 Å². The molecule has 1 aromatic rings. The zero-order valence-electron chi connectivity index (χ0n) is 9.77. The van der Waals surface area contributed by atoms with Crippen LogP contribution in [0, 0.1) is 0 Å². The van der Waals surface area contributed by atoms with Crippen LogP contribution < -0.4 is 10.2 Å². The van der Waals surface area contributed by atoms with Gasteiger partial charge in [-0.3, -0.25) is 4.90 Å². The topological polar surface area (TPSA) is 31.4 Å². The highest BCUT2D eigenvalue weighted by Gasteiger charge is 2.27. The van der Waals surface area contributed by atoms with Crippen molar-refractivity contribution >= 4 is 17.4 Å². The molecular formula is C12H17ClN4. The summed E-state index contributed by atoms with van der Waals surface area (Å²) >= 11 is 5.85. The highest BCUT2D eigenvalue weighted by Crippen LogP contribution is 2.17. The molecule has 1 N–H and O–H groups in total. The van der Waals surface area contributed by atoms with Crippen LogP contribution in [0.25, 0.3) is 0 Å². The molecule has 2 aliphatic heterocycles. The Balaban J connectivity index is 1.58. The number of hydrogen-bond donors (Lipinski definition) is 1. The molecule has 0 radical (unpaired) electrons. The lowest BCUT2D eigenvalue weighted by atomic mass is 10.1. The predicted molar refractivity (Wildman–Crippen MR) is 69.7 cm³/mol. The Morgan fingerprint density at radius 3 is 2.47 bits per heavy atom. The van der Waals surface area contributed by atoms with Gasteiger partial charge in [0.15, 0.2) is 0 Å². The number of pyridine rings is 1. The Morgan fingerprint density at radius 2 is 1.94 bits per heavy atom. The highest BCUT2D eigenvalue weighted by molar-refractivity contribution is 6.30. The molecule has 4 nitrogen and oxygen atoms in total. The summed E-state index contributed by atoms with van der Waals surface area (Å²) in [5, 5.41) is 4.03. The van der Waals surface area contributed by atoms with Gasteiger partial charge in [0.25, 0.3) is 0 Å². The molecule has 0 amide bonds. The van der Waals surface area contributed by atoms with Gasteiger partial charge in [-0.05, 0) is 12.1 Å². The smallest absolute Gasteiger partial charge is 0.128 e. The number of piperazine rings is 1. The van der Waals surface area contributed by atoms with Crippen LogP contribution >= 0.6 is 11.6 Å². The Hall–Kier alpha value is -0.840. The summed E-state index contributed by atoms with van der Waals surface area (Å²) in [4.78, 5) is 9.27. The first-order valence-corrected chi connectivity index (χ1v) is 6.52. The van der Waals surface area contributed by atoms with E-state index >= 15 is 0 Å². The van der Waals surface area contributed by atoms with Crippen LogP contribution in [0.1, 0.15) is 0 Å². The Labute approximate surface area is 107 Å². The van der Waals surface area contributed by atoms with Crippen molar-refractivity contribution in [1.29, 1.82) is 0 Å². The van der Waals surface area contributed by atoms with E-state index in [0.29, 0.717) is 5.02 Å². The molecule has 0 unspecified atom stereocenters. The van der Waals surface area contributed by atoms with E-state index in [9.17, 15) is 0 Å². The summed E-state index contributed by atoms with van der Waals surface area (Å²) in [5.41, 5.74) is 0. The van der Waals surface area contributed by atoms with Gasteiger partial charge in [0.1, 0.15) is 5.82 Å². The van der Waals surface area contributed by atoms with Crippen LogP contribution in [-0.4, -0.2) is 55.2 Å². The van der Waals surface area contributed by atoms with E-state index in [0.717, 1.165) is 51.1 Å². The van der Waals surface area contributed by atoms with Crippen molar-refractivity contribution in [1.82, 2.24) is 15.2 Å². The van der Waals surface area contributed by atoms with Gasteiger partial charge in [0, 0.05) is 51.5 Å². The largest absolute Gasteiger partial charge is 0.354 e. The van der Waals surface area contributed by atoms with Gasteiger partial charge in [-0.25, -0.2) is 4.98 Å². The predicted octanol–water partition coefficient (Wildman–Crippen LogP) is 0.829. The number of anilines is 1. The fraction of sp³-hybridized carbons (Fsp3) is 0.583. The molecule has 0 spiro atoms. The maximum Gasteiger partial charge on any atom is 0.128 e. The molecule has 2 saturated heterocycles. The zero-order chi connectivity index (χ0) is 11.7. The molecule has 0 aliphatic carbocycles. The molecule has 0 aromatic carbocycles. The van der Waals surface area contributed by atoms with E-state index in [1.54, 1.807) is 6.20 Å². The van der Waals surface area contributed by atoms with Gasteiger partial charge in [-0.2, -0.15) is 0 Å². The molecule has 2 aliphatic rings. The molecule has 3 heterocycles. The Kier molecular flexibility index (Phi) is 3.18. The van der Waals surface area contributed by atoms with Crippen molar-refractivity contribution in [2.24, 2.45) is 0 Å². The summed E-state index contributed by atoms with van der Waals surface area (Å²) in [5.74, 6) is 1.04. The minimum atomic E-state index is 0.702.